The number of carbonyl (C=O) groups is 2. The van der Waals surface area contributed by atoms with Crippen molar-refractivity contribution in [3.05, 3.63) is 23.3 Å². The van der Waals surface area contributed by atoms with E-state index in [1.807, 2.05) is 0 Å². The maximum absolute atomic E-state index is 12.0. The molecule has 26 heavy (non-hydrogen) atoms. The molecular weight excluding hydrogens is 328 g/mol. The molecule has 0 aliphatic rings. The highest BCUT2D eigenvalue weighted by atomic mass is 16.4. The number of rotatable bonds is 15. The highest BCUT2D eigenvalue weighted by Gasteiger charge is 2.20. The minimum atomic E-state index is -1.04. The largest absolute Gasteiger partial charge is 0.478 e. The molecule has 0 aliphatic heterocycles. The highest BCUT2D eigenvalue weighted by Crippen LogP contribution is 2.29. The van der Waals surface area contributed by atoms with Gasteiger partial charge >= 0.3 is 11.9 Å². The van der Waals surface area contributed by atoms with Crippen LogP contribution < -0.4 is 0 Å². The van der Waals surface area contributed by atoms with E-state index in [-0.39, 0.29) is 0 Å². The fourth-order valence-electron chi connectivity index (χ4n) is 3.31. The van der Waals surface area contributed by atoms with Gasteiger partial charge in [0.1, 0.15) is 0 Å². The molecule has 0 saturated carbocycles. The van der Waals surface area contributed by atoms with Crippen LogP contribution in [0.5, 0.6) is 0 Å². The Hall–Kier alpha value is -1.58. The molecule has 2 unspecified atom stereocenters. The number of allylic oxidation sites excluding steroid dienone is 2. The molecule has 0 amide bonds. The Labute approximate surface area is 159 Å². The smallest absolute Gasteiger partial charge is 0.331 e. The fraction of sp³-hybridized carbons (Fsp3) is 0.727. The first-order chi connectivity index (χ1) is 12.4. The van der Waals surface area contributed by atoms with Crippen molar-refractivity contribution >= 4 is 11.9 Å². The van der Waals surface area contributed by atoms with Gasteiger partial charge in [0.15, 0.2) is 0 Å². The molecule has 0 heterocycles. The van der Waals surface area contributed by atoms with Gasteiger partial charge in [-0.15, -0.1) is 0 Å². The van der Waals surface area contributed by atoms with E-state index >= 15 is 0 Å². The van der Waals surface area contributed by atoms with Crippen LogP contribution in [-0.2, 0) is 9.59 Å². The molecule has 0 rings (SSSR count). The van der Waals surface area contributed by atoms with Crippen molar-refractivity contribution in [2.75, 3.05) is 0 Å². The normalized spacial score (nSPS) is 14.9. The Balaban J connectivity index is 5.64. The van der Waals surface area contributed by atoms with Crippen LogP contribution in [0.25, 0.3) is 0 Å². The zero-order chi connectivity index (χ0) is 19.9. The molecule has 4 heteroatoms. The predicted molar refractivity (Wildman–Crippen MR) is 107 cm³/mol. The van der Waals surface area contributed by atoms with Crippen LogP contribution in [-0.4, -0.2) is 22.2 Å². The Kier molecular flexibility index (Phi) is 13.7. The lowest BCUT2D eigenvalue weighted by Gasteiger charge is -2.20. The van der Waals surface area contributed by atoms with Crippen molar-refractivity contribution in [3.63, 3.8) is 0 Å². The molecule has 150 valence electrons. The molecule has 4 nitrogen and oxygen atoms in total. The highest BCUT2D eigenvalue weighted by molar-refractivity contribution is 5.89. The minimum Gasteiger partial charge on any atom is -0.478 e. The number of unbranched alkanes of at least 4 members (excludes halogenated alkanes) is 2. The van der Waals surface area contributed by atoms with Crippen LogP contribution in [0.1, 0.15) is 91.9 Å². The van der Waals surface area contributed by atoms with Gasteiger partial charge in [0, 0.05) is 11.6 Å². The van der Waals surface area contributed by atoms with Gasteiger partial charge in [0.2, 0.25) is 0 Å². The van der Waals surface area contributed by atoms with E-state index in [2.05, 4.69) is 27.7 Å². The summed E-state index contributed by atoms with van der Waals surface area (Å²) in [5.74, 6) is -1.21. The van der Waals surface area contributed by atoms with Crippen LogP contribution in [0.4, 0.5) is 0 Å². The van der Waals surface area contributed by atoms with Crippen molar-refractivity contribution in [2.24, 2.45) is 11.8 Å². The Morgan fingerprint density at radius 1 is 0.808 bits per heavy atom. The molecule has 0 aromatic carbocycles. The molecule has 2 N–H and O–H groups in total. The van der Waals surface area contributed by atoms with Crippen LogP contribution in [0.2, 0.25) is 0 Å². The van der Waals surface area contributed by atoms with Gasteiger partial charge in [-0.1, -0.05) is 85.1 Å². The van der Waals surface area contributed by atoms with Gasteiger partial charge < -0.3 is 10.2 Å². The summed E-state index contributed by atoms with van der Waals surface area (Å²) < 4.78 is 0. The van der Waals surface area contributed by atoms with E-state index in [9.17, 15) is 14.7 Å². The van der Waals surface area contributed by atoms with Gasteiger partial charge in [-0.05, 0) is 30.3 Å². The first kappa shape index (κ1) is 24.4. The standard InChI is InChI=1S/C22H38O4/c1-5-9-11-17(7-3)15-19(13-14-21(23)24)20(22(25)26)16-18(8-4)12-10-6-2/h13-14,17-18H,5-12,15-16H2,1-4H3,(H,23,24)(H,25,26). The number of hydrogen-bond donors (Lipinski definition) is 2. The lowest BCUT2D eigenvalue weighted by molar-refractivity contribution is -0.133. The van der Waals surface area contributed by atoms with Gasteiger partial charge in [-0.25, -0.2) is 9.59 Å². The predicted octanol–water partition coefficient (Wildman–Crippen LogP) is 6.22. The Morgan fingerprint density at radius 2 is 1.31 bits per heavy atom. The monoisotopic (exact) mass is 366 g/mol. The summed E-state index contributed by atoms with van der Waals surface area (Å²) in [5, 5.41) is 18.8. The summed E-state index contributed by atoms with van der Waals surface area (Å²) in [4.78, 5) is 22.9. The average molecular weight is 367 g/mol. The van der Waals surface area contributed by atoms with E-state index in [4.69, 9.17) is 5.11 Å². The van der Waals surface area contributed by atoms with E-state index in [0.717, 1.165) is 57.4 Å². The van der Waals surface area contributed by atoms with Crippen LogP contribution in [0, 0.1) is 11.8 Å². The van der Waals surface area contributed by atoms with E-state index < -0.39 is 11.9 Å². The van der Waals surface area contributed by atoms with E-state index in [1.54, 1.807) is 0 Å². The first-order valence-corrected chi connectivity index (χ1v) is 10.3. The first-order valence-electron chi connectivity index (χ1n) is 10.3. The summed E-state index contributed by atoms with van der Waals surface area (Å²) in [6, 6.07) is 0. The van der Waals surface area contributed by atoms with Crippen molar-refractivity contribution in [2.45, 2.75) is 91.9 Å². The van der Waals surface area contributed by atoms with Crippen molar-refractivity contribution < 1.29 is 19.8 Å². The van der Waals surface area contributed by atoms with Crippen molar-refractivity contribution in [1.82, 2.24) is 0 Å². The van der Waals surface area contributed by atoms with Gasteiger partial charge in [-0.2, -0.15) is 0 Å². The maximum Gasteiger partial charge on any atom is 0.331 e. The SMILES string of the molecule is CCCCC(CC)CC(C=CC(=O)O)=C(CC(CC)CCCC)C(=O)O. The molecular formula is C22H38O4. The van der Waals surface area contributed by atoms with E-state index in [1.165, 1.54) is 6.08 Å². The second kappa shape index (κ2) is 14.6. The van der Waals surface area contributed by atoms with Gasteiger partial charge in [0.05, 0.1) is 0 Å². The Morgan fingerprint density at radius 3 is 1.69 bits per heavy atom. The summed E-state index contributed by atoms with van der Waals surface area (Å²) in [5.41, 5.74) is 1.10. The third-order valence-corrected chi connectivity index (χ3v) is 5.16. The molecule has 0 spiro atoms. The summed E-state index contributed by atoms with van der Waals surface area (Å²) >= 11 is 0. The minimum absolute atomic E-state index is 0.338. The fourth-order valence-corrected chi connectivity index (χ4v) is 3.31. The number of carboxylic acids is 2. The topological polar surface area (TPSA) is 74.6 Å². The zero-order valence-corrected chi connectivity index (χ0v) is 17.1. The van der Waals surface area contributed by atoms with Crippen molar-refractivity contribution in [3.8, 4) is 0 Å². The molecule has 0 aromatic heterocycles. The summed E-state index contributed by atoms with van der Waals surface area (Å²) in [6.45, 7) is 8.51. The van der Waals surface area contributed by atoms with Gasteiger partial charge in [0.25, 0.3) is 0 Å². The molecule has 2 atom stereocenters. The summed E-state index contributed by atoms with van der Waals surface area (Å²) in [7, 11) is 0. The lowest BCUT2D eigenvalue weighted by atomic mass is 9.85. The third kappa shape index (κ3) is 10.4. The molecule has 0 bridgehead atoms. The second-order valence-corrected chi connectivity index (χ2v) is 7.22. The molecule has 0 aliphatic carbocycles. The van der Waals surface area contributed by atoms with Crippen LogP contribution >= 0.6 is 0 Å². The summed E-state index contributed by atoms with van der Waals surface area (Å²) in [6.07, 6.45) is 12.2. The third-order valence-electron chi connectivity index (χ3n) is 5.16. The van der Waals surface area contributed by atoms with Crippen LogP contribution in [0.3, 0.4) is 0 Å². The number of hydrogen-bond acceptors (Lipinski definition) is 2. The number of aliphatic carboxylic acids is 2. The molecule has 0 radical (unpaired) electrons. The quantitative estimate of drug-likeness (QED) is 0.266. The van der Waals surface area contributed by atoms with E-state index in [0.29, 0.717) is 35.8 Å². The van der Waals surface area contributed by atoms with Crippen LogP contribution in [0.15, 0.2) is 23.3 Å². The lowest BCUT2D eigenvalue weighted by Crippen LogP contribution is -2.12. The Bertz CT molecular complexity index is 477. The van der Waals surface area contributed by atoms with Crippen molar-refractivity contribution in [1.29, 1.82) is 0 Å². The molecule has 0 aromatic rings. The average Bonchev–Trinajstić information content (AvgIpc) is 2.61. The van der Waals surface area contributed by atoms with Gasteiger partial charge in [-0.3, -0.25) is 0 Å². The second-order valence-electron chi connectivity index (χ2n) is 7.22. The zero-order valence-electron chi connectivity index (χ0n) is 17.1. The molecule has 0 saturated heterocycles. The number of carboxylic acid groups (broad SMARTS) is 2. The molecule has 0 fully saturated rings. The maximum atomic E-state index is 12.0.